The molecule has 2 rings (SSSR count). The Morgan fingerprint density at radius 2 is 2.33 bits per heavy atom. The molecule has 0 aromatic heterocycles. The van der Waals surface area contributed by atoms with Crippen molar-refractivity contribution >= 4 is 0 Å². The van der Waals surface area contributed by atoms with E-state index in [-0.39, 0.29) is 6.10 Å². The van der Waals surface area contributed by atoms with Gasteiger partial charge in [-0.05, 0) is 0 Å². The van der Waals surface area contributed by atoms with Crippen molar-refractivity contribution in [2.75, 3.05) is 32.8 Å². The van der Waals surface area contributed by atoms with Crippen molar-refractivity contribution in [3.8, 4) is 6.07 Å². The monoisotopic (exact) mass is 167 g/mol. The van der Waals surface area contributed by atoms with Crippen LogP contribution in [0.4, 0.5) is 0 Å². The molecule has 0 aromatic carbocycles. The maximum atomic E-state index is 8.66. The van der Waals surface area contributed by atoms with Gasteiger partial charge in [0.25, 0.3) is 0 Å². The molecule has 0 radical (unpaired) electrons. The molecule has 1 atom stereocenters. The summed E-state index contributed by atoms with van der Waals surface area (Å²) >= 11 is 0. The van der Waals surface area contributed by atoms with Crippen LogP contribution in [-0.4, -0.2) is 49.8 Å². The van der Waals surface area contributed by atoms with Crippen LogP contribution in [0, 0.1) is 11.3 Å². The topological polar surface area (TPSA) is 48.3 Å². The zero-order chi connectivity index (χ0) is 8.39. The Balaban J connectivity index is 1.86. The fraction of sp³-hybridized carbons (Fsp3) is 0.875. The first-order valence-electron chi connectivity index (χ1n) is 4.36. The summed E-state index contributed by atoms with van der Waals surface area (Å²) in [5.41, 5.74) is 0. The average Bonchev–Trinajstić information content (AvgIpc) is 2.02. The van der Waals surface area contributed by atoms with Crippen LogP contribution in [0.2, 0.25) is 0 Å². The molecule has 0 aliphatic carbocycles. The van der Waals surface area contributed by atoms with Crippen LogP contribution in [0.25, 0.3) is 0 Å². The highest BCUT2D eigenvalue weighted by molar-refractivity contribution is 4.94. The SMILES string of the molecule is N#CC1CN(C2CNC2)CCO1. The van der Waals surface area contributed by atoms with Crippen molar-refractivity contribution < 1.29 is 4.74 Å². The second-order valence-electron chi connectivity index (χ2n) is 3.30. The summed E-state index contributed by atoms with van der Waals surface area (Å²) in [5.74, 6) is 0. The molecule has 0 saturated carbocycles. The van der Waals surface area contributed by atoms with Crippen LogP contribution in [0.1, 0.15) is 0 Å². The molecule has 4 heteroatoms. The van der Waals surface area contributed by atoms with E-state index < -0.39 is 0 Å². The lowest BCUT2D eigenvalue weighted by Gasteiger charge is -2.41. The molecule has 0 spiro atoms. The summed E-state index contributed by atoms with van der Waals surface area (Å²) in [6.07, 6.45) is -0.209. The number of nitriles is 1. The van der Waals surface area contributed by atoms with Gasteiger partial charge in [0.05, 0.1) is 12.7 Å². The van der Waals surface area contributed by atoms with Gasteiger partial charge in [0, 0.05) is 32.2 Å². The van der Waals surface area contributed by atoms with Gasteiger partial charge >= 0.3 is 0 Å². The average molecular weight is 167 g/mol. The van der Waals surface area contributed by atoms with Crippen LogP contribution in [0.15, 0.2) is 0 Å². The van der Waals surface area contributed by atoms with Gasteiger partial charge < -0.3 is 10.1 Å². The maximum Gasteiger partial charge on any atom is 0.156 e. The highest BCUT2D eigenvalue weighted by Gasteiger charge is 2.29. The Hall–Kier alpha value is -0.630. The summed E-state index contributed by atoms with van der Waals surface area (Å²) < 4.78 is 5.25. The summed E-state index contributed by atoms with van der Waals surface area (Å²) in [4.78, 5) is 2.34. The normalized spacial score (nSPS) is 32.4. The van der Waals surface area contributed by atoms with E-state index in [2.05, 4.69) is 16.3 Å². The molecule has 2 aliphatic heterocycles. The first kappa shape index (κ1) is 7.99. The maximum absolute atomic E-state index is 8.66. The summed E-state index contributed by atoms with van der Waals surface area (Å²) in [5, 5.41) is 11.9. The Labute approximate surface area is 72.1 Å². The molecule has 1 N–H and O–H groups in total. The third-order valence-electron chi connectivity index (χ3n) is 2.52. The minimum Gasteiger partial charge on any atom is -0.361 e. The fourth-order valence-electron chi connectivity index (χ4n) is 1.61. The highest BCUT2D eigenvalue weighted by Crippen LogP contribution is 2.10. The predicted octanol–water partition coefficient (Wildman–Crippen LogP) is -0.817. The molecule has 0 aromatic rings. The van der Waals surface area contributed by atoms with Crippen LogP contribution in [-0.2, 0) is 4.74 Å². The molecule has 12 heavy (non-hydrogen) atoms. The first-order valence-corrected chi connectivity index (χ1v) is 4.36. The molecule has 0 bridgehead atoms. The lowest BCUT2D eigenvalue weighted by Crippen LogP contribution is -2.60. The Kier molecular flexibility index (Phi) is 2.26. The van der Waals surface area contributed by atoms with Gasteiger partial charge in [0.2, 0.25) is 0 Å². The van der Waals surface area contributed by atoms with Crippen molar-refractivity contribution in [2.45, 2.75) is 12.1 Å². The summed E-state index contributed by atoms with van der Waals surface area (Å²) in [6, 6.07) is 2.80. The molecule has 4 nitrogen and oxygen atoms in total. The molecule has 2 saturated heterocycles. The quantitative estimate of drug-likeness (QED) is 0.554. The van der Waals surface area contributed by atoms with E-state index in [1.165, 1.54) is 0 Å². The first-order chi connectivity index (χ1) is 5.90. The number of ether oxygens (including phenoxy) is 1. The van der Waals surface area contributed by atoms with Gasteiger partial charge in [0.15, 0.2) is 6.10 Å². The number of nitrogens with zero attached hydrogens (tertiary/aromatic N) is 2. The standard InChI is InChI=1S/C8H13N3O/c9-3-8-6-11(1-2-12-8)7-4-10-5-7/h7-8,10H,1-2,4-6H2. The van der Waals surface area contributed by atoms with E-state index in [4.69, 9.17) is 10.00 Å². The smallest absolute Gasteiger partial charge is 0.156 e. The fourth-order valence-corrected chi connectivity index (χ4v) is 1.61. The minimum absolute atomic E-state index is 0.209. The Morgan fingerprint density at radius 1 is 1.50 bits per heavy atom. The van der Waals surface area contributed by atoms with Crippen LogP contribution in [0.3, 0.4) is 0 Å². The lowest BCUT2D eigenvalue weighted by atomic mass is 10.1. The van der Waals surface area contributed by atoms with E-state index in [1.807, 2.05) is 0 Å². The third kappa shape index (κ3) is 1.44. The van der Waals surface area contributed by atoms with Gasteiger partial charge in [-0.2, -0.15) is 5.26 Å². The van der Waals surface area contributed by atoms with Gasteiger partial charge in [-0.1, -0.05) is 0 Å². The molecule has 66 valence electrons. The van der Waals surface area contributed by atoms with Gasteiger partial charge in [-0.25, -0.2) is 0 Å². The van der Waals surface area contributed by atoms with Crippen molar-refractivity contribution in [1.29, 1.82) is 5.26 Å². The Morgan fingerprint density at radius 3 is 2.92 bits per heavy atom. The van der Waals surface area contributed by atoms with E-state index in [0.717, 1.165) is 26.2 Å². The number of nitrogens with one attached hydrogen (secondary N) is 1. The number of hydrogen-bond donors (Lipinski definition) is 1. The largest absolute Gasteiger partial charge is 0.361 e. The Bertz CT molecular complexity index is 197. The molecule has 0 amide bonds. The lowest BCUT2D eigenvalue weighted by molar-refractivity contribution is -0.0258. The summed E-state index contributed by atoms with van der Waals surface area (Å²) in [7, 11) is 0. The van der Waals surface area contributed by atoms with Crippen molar-refractivity contribution in [1.82, 2.24) is 10.2 Å². The molecular weight excluding hydrogens is 154 g/mol. The van der Waals surface area contributed by atoms with E-state index in [9.17, 15) is 0 Å². The minimum atomic E-state index is -0.209. The molecule has 2 heterocycles. The van der Waals surface area contributed by atoms with Crippen LogP contribution >= 0.6 is 0 Å². The van der Waals surface area contributed by atoms with Gasteiger partial charge in [-0.15, -0.1) is 0 Å². The van der Waals surface area contributed by atoms with E-state index >= 15 is 0 Å². The molecular formula is C8H13N3O. The predicted molar refractivity (Wildman–Crippen MR) is 43.6 cm³/mol. The second kappa shape index (κ2) is 3.40. The van der Waals surface area contributed by atoms with Crippen LogP contribution in [0.5, 0.6) is 0 Å². The molecule has 2 aliphatic rings. The van der Waals surface area contributed by atoms with Crippen LogP contribution < -0.4 is 5.32 Å². The number of hydrogen-bond acceptors (Lipinski definition) is 4. The molecule has 1 unspecified atom stereocenters. The zero-order valence-corrected chi connectivity index (χ0v) is 6.99. The number of morpholine rings is 1. The number of rotatable bonds is 1. The second-order valence-corrected chi connectivity index (χ2v) is 3.30. The summed E-state index contributed by atoms with van der Waals surface area (Å²) in [6.45, 7) is 4.60. The van der Waals surface area contributed by atoms with Crippen molar-refractivity contribution in [3.05, 3.63) is 0 Å². The van der Waals surface area contributed by atoms with E-state index in [0.29, 0.717) is 12.6 Å². The zero-order valence-electron chi connectivity index (χ0n) is 6.99. The molecule has 2 fully saturated rings. The van der Waals surface area contributed by atoms with Gasteiger partial charge in [0.1, 0.15) is 0 Å². The van der Waals surface area contributed by atoms with Crippen molar-refractivity contribution in [2.24, 2.45) is 0 Å². The van der Waals surface area contributed by atoms with Gasteiger partial charge in [-0.3, -0.25) is 4.90 Å². The third-order valence-corrected chi connectivity index (χ3v) is 2.52. The highest BCUT2D eigenvalue weighted by atomic mass is 16.5. The van der Waals surface area contributed by atoms with E-state index in [1.54, 1.807) is 0 Å². The van der Waals surface area contributed by atoms with Crippen molar-refractivity contribution in [3.63, 3.8) is 0 Å².